The number of hydrogen-bond acceptors (Lipinski definition) is 4. The van der Waals surface area contributed by atoms with Crippen LogP contribution < -0.4 is 15.4 Å². The van der Waals surface area contributed by atoms with Gasteiger partial charge in [0.1, 0.15) is 5.75 Å². The van der Waals surface area contributed by atoms with E-state index in [9.17, 15) is 13.2 Å². The lowest BCUT2D eigenvalue weighted by Gasteiger charge is -2.21. The Balaban J connectivity index is 1.35. The molecular formula is C21H30F3N3O3. The van der Waals surface area contributed by atoms with E-state index in [2.05, 4.69) is 20.4 Å². The van der Waals surface area contributed by atoms with Gasteiger partial charge in [0.15, 0.2) is 5.96 Å². The van der Waals surface area contributed by atoms with Gasteiger partial charge in [-0.25, -0.2) is 0 Å². The zero-order valence-corrected chi connectivity index (χ0v) is 17.2. The fourth-order valence-electron chi connectivity index (χ4n) is 3.62. The van der Waals surface area contributed by atoms with E-state index in [0.29, 0.717) is 30.6 Å². The van der Waals surface area contributed by atoms with Crippen LogP contribution in [0, 0.1) is 5.92 Å². The van der Waals surface area contributed by atoms with Crippen LogP contribution in [0.2, 0.25) is 0 Å². The smallest absolute Gasteiger partial charge is 0.405 e. The number of benzene rings is 1. The summed E-state index contributed by atoms with van der Waals surface area (Å²) in [5.74, 6) is 1.06. The quantitative estimate of drug-likeness (QED) is 0.358. The van der Waals surface area contributed by atoms with Crippen LogP contribution in [0.25, 0.3) is 0 Å². The van der Waals surface area contributed by atoms with E-state index < -0.39 is 6.36 Å². The van der Waals surface area contributed by atoms with Gasteiger partial charge in [0.05, 0.1) is 0 Å². The van der Waals surface area contributed by atoms with Crippen molar-refractivity contribution in [1.82, 2.24) is 10.6 Å². The third kappa shape index (κ3) is 7.36. The largest absolute Gasteiger partial charge is 0.573 e. The van der Waals surface area contributed by atoms with Crippen LogP contribution in [-0.4, -0.2) is 58.4 Å². The molecule has 6 nitrogen and oxygen atoms in total. The molecule has 2 aliphatic rings. The summed E-state index contributed by atoms with van der Waals surface area (Å²) in [5, 5.41) is 6.50. The minimum absolute atomic E-state index is 0.0268. The maximum Gasteiger partial charge on any atom is 0.573 e. The molecule has 0 bridgehead atoms. The first-order valence-corrected chi connectivity index (χ1v) is 10.4. The summed E-state index contributed by atoms with van der Waals surface area (Å²) in [4.78, 5) is 4.20. The number of hydrogen-bond donors (Lipinski definition) is 2. The van der Waals surface area contributed by atoms with E-state index in [-0.39, 0.29) is 17.7 Å². The van der Waals surface area contributed by atoms with Gasteiger partial charge in [-0.1, -0.05) is 18.2 Å². The summed E-state index contributed by atoms with van der Waals surface area (Å²) in [6, 6.07) is 6.32. The predicted octanol–water partition coefficient (Wildman–Crippen LogP) is 3.44. The van der Waals surface area contributed by atoms with Crippen LogP contribution in [0.4, 0.5) is 13.2 Å². The average molecular weight is 429 g/mol. The highest BCUT2D eigenvalue weighted by molar-refractivity contribution is 5.80. The van der Waals surface area contributed by atoms with Crippen molar-refractivity contribution >= 4 is 5.96 Å². The summed E-state index contributed by atoms with van der Waals surface area (Å²) >= 11 is 0. The Bertz CT molecular complexity index is 694. The van der Waals surface area contributed by atoms with Crippen LogP contribution in [-0.2, 0) is 9.47 Å². The van der Waals surface area contributed by atoms with Crippen LogP contribution >= 0.6 is 0 Å². The summed E-state index contributed by atoms with van der Waals surface area (Å²) < 4.78 is 53.1. The van der Waals surface area contributed by atoms with Gasteiger partial charge in [0, 0.05) is 52.0 Å². The molecular weight excluding hydrogens is 399 g/mol. The van der Waals surface area contributed by atoms with Crippen molar-refractivity contribution in [1.29, 1.82) is 0 Å². The van der Waals surface area contributed by atoms with Crippen molar-refractivity contribution in [3.05, 3.63) is 29.8 Å². The lowest BCUT2D eigenvalue weighted by Crippen LogP contribution is -2.39. The Morgan fingerprint density at radius 3 is 2.73 bits per heavy atom. The minimum atomic E-state index is -4.70. The highest BCUT2D eigenvalue weighted by Gasteiger charge is 2.42. The number of alkyl halides is 3. The first kappa shape index (κ1) is 22.7. The number of nitrogens with one attached hydrogen (secondary N) is 2. The summed E-state index contributed by atoms with van der Waals surface area (Å²) in [5.41, 5.74) is 0.560. The van der Waals surface area contributed by atoms with Gasteiger partial charge in [-0.15, -0.1) is 13.2 Å². The molecule has 30 heavy (non-hydrogen) atoms. The van der Waals surface area contributed by atoms with Crippen molar-refractivity contribution in [2.75, 3.05) is 40.0 Å². The van der Waals surface area contributed by atoms with Gasteiger partial charge in [0.2, 0.25) is 0 Å². The fourth-order valence-corrected chi connectivity index (χ4v) is 3.62. The molecule has 168 valence electrons. The van der Waals surface area contributed by atoms with Gasteiger partial charge >= 0.3 is 6.36 Å². The SMILES string of the molecule is CN=C(NCCCOCC1CCOCC1)NC1CC1c1ccccc1OC(F)(F)F. The zero-order chi connectivity index (χ0) is 21.4. The Kier molecular flexibility index (Phi) is 8.21. The van der Waals surface area contributed by atoms with E-state index in [4.69, 9.17) is 9.47 Å². The number of para-hydroxylation sites is 1. The second-order valence-electron chi connectivity index (χ2n) is 7.66. The molecule has 1 heterocycles. The minimum Gasteiger partial charge on any atom is -0.405 e. The molecule has 1 aliphatic heterocycles. The van der Waals surface area contributed by atoms with E-state index in [0.717, 1.165) is 45.5 Å². The van der Waals surface area contributed by atoms with Gasteiger partial charge in [-0.2, -0.15) is 0 Å². The third-order valence-corrected chi connectivity index (χ3v) is 5.33. The predicted molar refractivity (Wildman–Crippen MR) is 108 cm³/mol. The van der Waals surface area contributed by atoms with Gasteiger partial charge in [-0.3, -0.25) is 4.99 Å². The van der Waals surface area contributed by atoms with Crippen molar-refractivity contribution in [2.45, 2.75) is 44.0 Å². The molecule has 1 aliphatic carbocycles. The number of ether oxygens (including phenoxy) is 3. The molecule has 2 fully saturated rings. The third-order valence-electron chi connectivity index (χ3n) is 5.33. The molecule has 2 atom stereocenters. The molecule has 9 heteroatoms. The molecule has 0 radical (unpaired) electrons. The number of halogens is 3. The van der Waals surface area contributed by atoms with Gasteiger partial charge in [0.25, 0.3) is 0 Å². The van der Waals surface area contributed by atoms with E-state index in [1.54, 1.807) is 25.2 Å². The number of nitrogens with zero attached hydrogens (tertiary/aromatic N) is 1. The Morgan fingerprint density at radius 2 is 2.00 bits per heavy atom. The highest BCUT2D eigenvalue weighted by atomic mass is 19.4. The van der Waals surface area contributed by atoms with Gasteiger partial charge in [-0.05, 0) is 43.2 Å². The summed E-state index contributed by atoms with van der Waals surface area (Å²) in [6.07, 6.45) is -0.991. The van der Waals surface area contributed by atoms with Gasteiger partial charge < -0.3 is 24.8 Å². The molecule has 0 amide bonds. The molecule has 0 spiro atoms. The van der Waals surface area contributed by atoms with Crippen molar-refractivity contribution in [3.8, 4) is 5.75 Å². The van der Waals surface area contributed by atoms with Crippen molar-refractivity contribution < 1.29 is 27.4 Å². The molecule has 1 saturated heterocycles. The number of rotatable bonds is 9. The van der Waals surface area contributed by atoms with Crippen LogP contribution in [0.15, 0.2) is 29.3 Å². The Labute approximate surface area is 175 Å². The van der Waals surface area contributed by atoms with E-state index in [1.807, 2.05) is 0 Å². The standard InChI is InChI=1S/C21H30F3N3O3/c1-25-20(26-9-4-10-29-14-15-7-11-28-12-8-15)27-18-13-17(18)16-5-2-3-6-19(16)30-21(22,23)24/h2-3,5-6,15,17-18H,4,7-14H2,1H3,(H2,25,26,27). The molecule has 1 aromatic carbocycles. The van der Waals surface area contributed by atoms with E-state index in [1.165, 1.54) is 6.07 Å². The van der Waals surface area contributed by atoms with E-state index >= 15 is 0 Å². The van der Waals surface area contributed by atoms with Crippen LogP contribution in [0.3, 0.4) is 0 Å². The molecule has 0 aromatic heterocycles. The normalized spacial score (nSPS) is 22.6. The number of guanidine groups is 1. The first-order valence-electron chi connectivity index (χ1n) is 10.4. The van der Waals surface area contributed by atoms with Crippen LogP contribution in [0.5, 0.6) is 5.75 Å². The molecule has 2 N–H and O–H groups in total. The summed E-state index contributed by atoms with van der Waals surface area (Å²) in [6.45, 7) is 3.81. The Morgan fingerprint density at radius 1 is 1.23 bits per heavy atom. The van der Waals surface area contributed by atoms with Crippen LogP contribution in [0.1, 0.15) is 37.2 Å². The topological polar surface area (TPSA) is 64.1 Å². The fraction of sp³-hybridized carbons (Fsp3) is 0.667. The lowest BCUT2D eigenvalue weighted by atomic mass is 10.0. The monoisotopic (exact) mass is 429 g/mol. The summed E-state index contributed by atoms with van der Waals surface area (Å²) in [7, 11) is 1.68. The molecule has 3 rings (SSSR count). The molecule has 1 saturated carbocycles. The highest BCUT2D eigenvalue weighted by Crippen LogP contribution is 2.45. The molecule has 2 unspecified atom stereocenters. The maximum atomic E-state index is 12.6. The average Bonchev–Trinajstić information content (AvgIpc) is 3.48. The zero-order valence-electron chi connectivity index (χ0n) is 17.2. The van der Waals surface area contributed by atoms with Crippen molar-refractivity contribution in [2.24, 2.45) is 10.9 Å². The first-order chi connectivity index (χ1) is 14.5. The molecule has 1 aromatic rings. The second-order valence-corrected chi connectivity index (χ2v) is 7.66. The van der Waals surface area contributed by atoms with Crippen molar-refractivity contribution in [3.63, 3.8) is 0 Å². The number of aliphatic imine (C=N–C) groups is 1. The maximum absolute atomic E-state index is 12.6. The lowest BCUT2D eigenvalue weighted by molar-refractivity contribution is -0.274. The second kappa shape index (κ2) is 10.9. The Hall–Kier alpha value is -2.00.